The van der Waals surface area contributed by atoms with Crippen LogP contribution >= 0.6 is 27.5 Å². The van der Waals surface area contributed by atoms with E-state index in [0.717, 1.165) is 21.3 Å². The van der Waals surface area contributed by atoms with Crippen molar-refractivity contribution in [3.05, 3.63) is 63.1 Å². The molecule has 2 nitrogen and oxygen atoms in total. The van der Waals surface area contributed by atoms with E-state index in [1.807, 2.05) is 49.4 Å². The molecule has 19 heavy (non-hydrogen) atoms. The molecule has 1 atom stereocenters. The van der Waals surface area contributed by atoms with Crippen molar-refractivity contribution in [3.63, 3.8) is 0 Å². The smallest absolute Gasteiger partial charge is 0.119 e. The van der Waals surface area contributed by atoms with Crippen LogP contribution in [-0.4, -0.2) is 6.61 Å². The first-order valence-electron chi connectivity index (χ1n) is 6.05. The fraction of sp³-hybridized carbons (Fsp3) is 0.200. The summed E-state index contributed by atoms with van der Waals surface area (Å²) in [7, 11) is 0. The highest BCUT2D eigenvalue weighted by Gasteiger charge is 2.12. The van der Waals surface area contributed by atoms with Gasteiger partial charge < -0.3 is 10.5 Å². The van der Waals surface area contributed by atoms with E-state index in [1.165, 1.54) is 0 Å². The van der Waals surface area contributed by atoms with Gasteiger partial charge in [0, 0.05) is 9.50 Å². The molecule has 0 aliphatic carbocycles. The number of hydrogen-bond donors (Lipinski definition) is 1. The second-order valence-corrected chi connectivity index (χ2v) is 5.44. The van der Waals surface area contributed by atoms with Gasteiger partial charge in [-0.15, -0.1) is 0 Å². The molecule has 0 aliphatic rings. The Bertz CT molecular complexity index is 557. The molecule has 4 heteroatoms. The molecule has 0 aliphatic heterocycles. The van der Waals surface area contributed by atoms with Gasteiger partial charge in [-0.25, -0.2) is 0 Å². The van der Waals surface area contributed by atoms with Gasteiger partial charge in [0.2, 0.25) is 0 Å². The minimum Gasteiger partial charge on any atom is -0.494 e. The molecule has 2 aromatic rings. The first-order chi connectivity index (χ1) is 9.11. The number of nitrogens with two attached hydrogens (primary N) is 1. The van der Waals surface area contributed by atoms with E-state index < -0.39 is 0 Å². The van der Waals surface area contributed by atoms with Crippen molar-refractivity contribution in [3.8, 4) is 5.75 Å². The summed E-state index contributed by atoms with van der Waals surface area (Å²) in [6.07, 6.45) is 0. The van der Waals surface area contributed by atoms with Crippen LogP contribution in [0.5, 0.6) is 5.75 Å². The van der Waals surface area contributed by atoms with Crippen molar-refractivity contribution >= 4 is 27.5 Å². The topological polar surface area (TPSA) is 35.2 Å². The maximum Gasteiger partial charge on any atom is 0.119 e. The maximum absolute atomic E-state index is 6.28. The largest absolute Gasteiger partial charge is 0.494 e. The maximum atomic E-state index is 6.28. The fourth-order valence-corrected chi connectivity index (χ4v) is 2.54. The summed E-state index contributed by atoms with van der Waals surface area (Å²) in [6, 6.07) is 13.2. The zero-order valence-corrected chi connectivity index (χ0v) is 12.9. The molecule has 2 aromatic carbocycles. The van der Waals surface area contributed by atoms with Crippen LogP contribution in [0.15, 0.2) is 46.9 Å². The van der Waals surface area contributed by atoms with Gasteiger partial charge >= 0.3 is 0 Å². The van der Waals surface area contributed by atoms with E-state index in [2.05, 4.69) is 15.9 Å². The lowest BCUT2D eigenvalue weighted by molar-refractivity contribution is 0.340. The Morgan fingerprint density at radius 3 is 2.53 bits per heavy atom. The quantitative estimate of drug-likeness (QED) is 0.886. The van der Waals surface area contributed by atoms with E-state index >= 15 is 0 Å². The zero-order chi connectivity index (χ0) is 13.8. The van der Waals surface area contributed by atoms with Crippen LogP contribution in [0.1, 0.15) is 24.1 Å². The SMILES string of the molecule is CCOc1ccc(C(N)c2cc(Cl)ccc2Br)cc1. The molecule has 2 N–H and O–H groups in total. The van der Waals surface area contributed by atoms with Gasteiger partial charge in [0.15, 0.2) is 0 Å². The summed E-state index contributed by atoms with van der Waals surface area (Å²) < 4.78 is 6.37. The average molecular weight is 341 g/mol. The lowest BCUT2D eigenvalue weighted by atomic mass is 10.00. The molecule has 0 fully saturated rings. The minimum atomic E-state index is -0.219. The number of benzene rings is 2. The first kappa shape index (κ1) is 14.4. The Kier molecular flexibility index (Phi) is 4.86. The summed E-state index contributed by atoms with van der Waals surface area (Å²) in [5, 5.41) is 0.680. The van der Waals surface area contributed by atoms with Crippen LogP contribution < -0.4 is 10.5 Å². The first-order valence-corrected chi connectivity index (χ1v) is 7.22. The van der Waals surface area contributed by atoms with Crippen molar-refractivity contribution in [2.24, 2.45) is 5.73 Å². The highest BCUT2D eigenvalue weighted by Crippen LogP contribution is 2.30. The second-order valence-electron chi connectivity index (χ2n) is 4.15. The molecule has 0 radical (unpaired) electrons. The van der Waals surface area contributed by atoms with Gasteiger partial charge in [-0.2, -0.15) is 0 Å². The summed E-state index contributed by atoms with van der Waals surface area (Å²) in [5.41, 5.74) is 8.27. The summed E-state index contributed by atoms with van der Waals surface area (Å²) in [4.78, 5) is 0. The molecule has 0 saturated heterocycles. The van der Waals surface area contributed by atoms with Crippen LogP contribution in [0.3, 0.4) is 0 Å². The van der Waals surface area contributed by atoms with Crippen molar-refractivity contribution in [2.75, 3.05) is 6.61 Å². The van der Waals surface area contributed by atoms with Crippen LogP contribution in [0.2, 0.25) is 5.02 Å². The van der Waals surface area contributed by atoms with E-state index in [9.17, 15) is 0 Å². The Hall–Kier alpha value is -1.03. The number of ether oxygens (including phenoxy) is 1. The Balaban J connectivity index is 2.27. The summed E-state index contributed by atoms with van der Waals surface area (Å²) in [6.45, 7) is 2.62. The predicted octanol–water partition coefficient (Wildman–Crippen LogP) is 4.55. The number of hydrogen-bond acceptors (Lipinski definition) is 2. The van der Waals surface area contributed by atoms with Crippen LogP contribution in [-0.2, 0) is 0 Å². The zero-order valence-electron chi connectivity index (χ0n) is 10.6. The third kappa shape index (κ3) is 3.50. The van der Waals surface area contributed by atoms with Crippen molar-refractivity contribution < 1.29 is 4.74 Å². The third-order valence-corrected chi connectivity index (χ3v) is 3.80. The van der Waals surface area contributed by atoms with Gasteiger partial charge in [0.25, 0.3) is 0 Å². The van der Waals surface area contributed by atoms with Crippen molar-refractivity contribution in [1.29, 1.82) is 0 Å². The van der Waals surface area contributed by atoms with E-state index in [0.29, 0.717) is 11.6 Å². The summed E-state index contributed by atoms with van der Waals surface area (Å²) in [5.74, 6) is 0.851. The molecule has 0 aromatic heterocycles. The molecule has 1 unspecified atom stereocenters. The van der Waals surface area contributed by atoms with Crippen molar-refractivity contribution in [1.82, 2.24) is 0 Å². The van der Waals surface area contributed by atoms with Gasteiger partial charge in [0.05, 0.1) is 12.6 Å². The molecule has 0 saturated carbocycles. The summed E-state index contributed by atoms with van der Waals surface area (Å²) >= 11 is 9.52. The monoisotopic (exact) mass is 339 g/mol. The highest BCUT2D eigenvalue weighted by molar-refractivity contribution is 9.10. The molecule has 2 rings (SSSR count). The molecule has 0 amide bonds. The molecular weight excluding hydrogens is 326 g/mol. The molecule has 0 bridgehead atoms. The van der Waals surface area contributed by atoms with Gasteiger partial charge in [-0.1, -0.05) is 39.7 Å². The third-order valence-electron chi connectivity index (χ3n) is 2.84. The minimum absolute atomic E-state index is 0.219. The second kappa shape index (κ2) is 6.42. The lowest BCUT2D eigenvalue weighted by Crippen LogP contribution is -2.12. The van der Waals surface area contributed by atoms with Gasteiger partial charge in [0.1, 0.15) is 5.75 Å². The van der Waals surface area contributed by atoms with E-state index in [1.54, 1.807) is 0 Å². The van der Waals surface area contributed by atoms with Crippen LogP contribution in [0.4, 0.5) is 0 Å². The van der Waals surface area contributed by atoms with E-state index in [4.69, 9.17) is 22.1 Å². The highest BCUT2D eigenvalue weighted by atomic mass is 79.9. The molecule has 100 valence electrons. The Morgan fingerprint density at radius 2 is 1.89 bits per heavy atom. The predicted molar refractivity (Wildman–Crippen MR) is 82.8 cm³/mol. The number of halogens is 2. The fourth-order valence-electron chi connectivity index (χ4n) is 1.87. The number of rotatable bonds is 4. The lowest BCUT2D eigenvalue weighted by Gasteiger charge is -2.15. The Labute approximate surface area is 126 Å². The van der Waals surface area contributed by atoms with Gasteiger partial charge in [-0.3, -0.25) is 0 Å². The van der Waals surface area contributed by atoms with Crippen LogP contribution in [0, 0.1) is 0 Å². The van der Waals surface area contributed by atoms with Crippen molar-refractivity contribution in [2.45, 2.75) is 13.0 Å². The van der Waals surface area contributed by atoms with Gasteiger partial charge in [-0.05, 0) is 48.4 Å². The standard InChI is InChI=1S/C15H15BrClNO/c1-2-19-12-6-3-10(4-7-12)15(18)13-9-11(17)5-8-14(13)16/h3-9,15H,2,18H2,1H3. The molecule has 0 spiro atoms. The Morgan fingerprint density at radius 1 is 1.21 bits per heavy atom. The normalized spacial score (nSPS) is 12.2. The molecule has 0 heterocycles. The molecular formula is C15H15BrClNO. The average Bonchev–Trinajstić information content (AvgIpc) is 2.42. The van der Waals surface area contributed by atoms with E-state index in [-0.39, 0.29) is 6.04 Å². The van der Waals surface area contributed by atoms with Crippen LogP contribution in [0.25, 0.3) is 0 Å².